The highest BCUT2D eigenvalue weighted by molar-refractivity contribution is 6.01. The van der Waals surface area contributed by atoms with Gasteiger partial charge in [0.2, 0.25) is 0 Å². The van der Waals surface area contributed by atoms with Crippen LogP contribution in [0.4, 0.5) is 14.9 Å². The standard InChI is InChI=1S/C25H31FN8O2/c1-3-17-11-20(24-29-31-32-33(24)2)13-22(12-17)28-25(35)27-14-18-5-4-10-34(15-18)16-23(30-36)19-6-8-21(26)9-7-19/h6-9,11-13,18,36H,3-5,10,14-16H2,1-2H3,(H2,27,28,35)/t18-/m0/s1. The van der Waals surface area contributed by atoms with E-state index in [-0.39, 0.29) is 17.8 Å². The first kappa shape index (κ1) is 25.2. The molecule has 2 heterocycles. The van der Waals surface area contributed by atoms with Crippen LogP contribution in [0.5, 0.6) is 0 Å². The highest BCUT2D eigenvalue weighted by atomic mass is 19.1. The van der Waals surface area contributed by atoms with E-state index in [0.29, 0.717) is 35.9 Å². The Balaban J connectivity index is 1.32. The van der Waals surface area contributed by atoms with E-state index in [4.69, 9.17) is 0 Å². The van der Waals surface area contributed by atoms with Crippen molar-refractivity contribution in [1.29, 1.82) is 0 Å². The fourth-order valence-electron chi connectivity index (χ4n) is 4.48. The molecule has 3 N–H and O–H groups in total. The van der Waals surface area contributed by atoms with Crippen molar-refractivity contribution < 1.29 is 14.4 Å². The number of tetrazole rings is 1. The molecule has 1 saturated heterocycles. The third-order valence-electron chi connectivity index (χ3n) is 6.36. The molecule has 11 heteroatoms. The van der Waals surface area contributed by atoms with Gasteiger partial charge in [0.25, 0.3) is 0 Å². The van der Waals surface area contributed by atoms with Crippen LogP contribution in [0.3, 0.4) is 0 Å². The Morgan fingerprint density at radius 1 is 1.25 bits per heavy atom. The minimum Gasteiger partial charge on any atom is -0.411 e. The number of hydrogen-bond acceptors (Lipinski definition) is 7. The van der Waals surface area contributed by atoms with Crippen molar-refractivity contribution in [2.45, 2.75) is 26.2 Å². The molecule has 1 aliphatic rings. The van der Waals surface area contributed by atoms with Crippen molar-refractivity contribution in [2.24, 2.45) is 18.1 Å². The number of benzene rings is 2. The summed E-state index contributed by atoms with van der Waals surface area (Å²) in [7, 11) is 1.77. The van der Waals surface area contributed by atoms with E-state index in [1.165, 1.54) is 12.1 Å². The highest BCUT2D eigenvalue weighted by Gasteiger charge is 2.22. The molecule has 3 aromatic rings. The lowest BCUT2D eigenvalue weighted by Gasteiger charge is -2.32. The lowest BCUT2D eigenvalue weighted by Crippen LogP contribution is -2.43. The quantitative estimate of drug-likeness (QED) is 0.251. The predicted octanol–water partition coefficient (Wildman–Crippen LogP) is 3.29. The molecule has 0 unspecified atom stereocenters. The van der Waals surface area contributed by atoms with Gasteiger partial charge in [-0.25, -0.2) is 13.9 Å². The second kappa shape index (κ2) is 11.7. The number of anilines is 1. The van der Waals surface area contributed by atoms with Crippen molar-refractivity contribution in [3.05, 3.63) is 59.4 Å². The Bertz CT molecular complexity index is 1210. The van der Waals surface area contributed by atoms with Gasteiger partial charge in [-0.05, 0) is 78.0 Å². The van der Waals surface area contributed by atoms with Crippen LogP contribution in [0, 0.1) is 11.7 Å². The lowest BCUT2D eigenvalue weighted by molar-refractivity contribution is 0.191. The first-order chi connectivity index (χ1) is 17.4. The van der Waals surface area contributed by atoms with Gasteiger partial charge < -0.3 is 15.8 Å². The zero-order valence-corrected chi connectivity index (χ0v) is 20.5. The molecule has 0 radical (unpaired) electrons. The number of likely N-dealkylation sites (tertiary alicyclic amines) is 1. The second-order valence-corrected chi connectivity index (χ2v) is 9.03. The molecule has 1 fully saturated rings. The lowest BCUT2D eigenvalue weighted by atomic mass is 9.97. The van der Waals surface area contributed by atoms with Gasteiger partial charge in [0.15, 0.2) is 5.82 Å². The molecule has 2 aromatic carbocycles. The molecular formula is C25H31FN8O2. The molecule has 2 amide bonds. The van der Waals surface area contributed by atoms with Gasteiger partial charge in [0, 0.05) is 43.5 Å². The third-order valence-corrected chi connectivity index (χ3v) is 6.36. The van der Waals surface area contributed by atoms with Crippen LogP contribution in [0.2, 0.25) is 0 Å². The maximum Gasteiger partial charge on any atom is 0.319 e. The number of oxime groups is 1. The van der Waals surface area contributed by atoms with E-state index in [1.807, 2.05) is 18.2 Å². The summed E-state index contributed by atoms with van der Waals surface area (Å²) < 4.78 is 14.8. The van der Waals surface area contributed by atoms with Crippen LogP contribution in [0.1, 0.15) is 30.9 Å². The van der Waals surface area contributed by atoms with Gasteiger partial charge in [-0.15, -0.1) is 5.10 Å². The zero-order chi connectivity index (χ0) is 25.5. The first-order valence-electron chi connectivity index (χ1n) is 12.1. The van der Waals surface area contributed by atoms with Crippen LogP contribution in [0.25, 0.3) is 11.4 Å². The molecule has 1 aromatic heterocycles. The fraction of sp³-hybridized carbons (Fsp3) is 0.400. The average Bonchev–Trinajstić information content (AvgIpc) is 3.32. The summed E-state index contributed by atoms with van der Waals surface area (Å²) in [6, 6.07) is 11.5. The number of aromatic nitrogens is 4. The van der Waals surface area contributed by atoms with Gasteiger partial charge in [-0.1, -0.05) is 24.2 Å². The maximum atomic E-state index is 13.2. The van der Waals surface area contributed by atoms with Crippen molar-refractivity contribution in [2.75, 3.05) is 31.5 Å². The van der Waals surface area contributed by atoms with Crippen molar-refractivity contribution >= 4 is 17.4 Å². The van der Waals surface area contributed by atoms with E-state index in [0.717, 1.165) is 43.5 Å². The number of amides is 2. The second-order valence-electron chi connectivity index (χ2n) is 9.03. The van der Waals surface area contributed by atoms with Gasteiger partial charge >= 0.3 is 6.03 Å². The topological polar surface area (TPSA) is 121 Å². The summed E-state index contributed by atoms with van der Waals surface area (Å²) in [6.45, 7) is 4.66. The van der Waals surface area contributed by atoms with E-state index < -0.39 is 0 Å². The molecule has 4 rings (SSSR count). The Kier molecular flexibility index (Phi) is 8.21. The summed E-state index contributed by atoms with van der Waals surface area (Å²) in [5, 5.41) is 30.5. The molecule has 1 atom stereocenters. The molecule has 1 aliphatic heterocycles. The van der Waals surface area contributed by atoms with E-state index in [9.17, 15) is 14.4 Å². The van der Waals surface area contributed by atoms with Crippen LogP contribution < -0.4 is 10.6 Å². The molecule has 0 saturated carbocycles. The number of nitrogens with zero attached hydrogens (tertiary/aromatic N) is 6. The summed E-state index contributed by atoms with van der Waals surface area (Å²) in [5.41, 5.74) is 3.76. The predicted molar refractivity (Wildman–Crippen MR) is 135 cm³/mol. The number of halogens is 1. The van der Waals surface area contributed by atoms with Crippen molar-refractivity contribution in [3.8, 4) is 11.4 Å². The van der Waals surface area contributed by atoms with Crippen LogP contribution >= 0.6 is 0 Å². The summed E-state index contributed by atoms with van der Waals surface area (Å²) in [5.74, 6) is 0.559. The van der Waals surface area contributed by atoms with Crippen LogP contribution in [0.15, 0.2) is 47.6 Å². The average molecular weight is 495 g/mol. The number of hydrogen-bond donors (Lipinski definition) is 3. The Morgan fingerprint density at radius 2 is 2.06 bits per heavy atom. The number of urea groups is 1. The highest BCUT2D eigenvalue weighted by Crippen LogP contribution is 2.23. The van der Waals surface area contributed by atoms with E-state index >= 15 is 0 Å². The van der Waals surface area contributed by atoms with Gasteiger partial charge in [0.05, 0.1) is 0 Å². The largest absolute Gasteiger partial charge is 0.411 e. The zero-order valence-electron chi connectivity index (χ0n) is 20.5. The van der Waals surface area contributed by atoms with Crippen molar-refractivity contribution in [3.63, 3.8) is 0 Å². The summed E-state index contributed by atoms with van der Waals surface area (Å²) in [4.78, 5) is 14.9. The summed E-state index contributed by atoms with van der Waals surface area (Å²) >= 11 is 0. The SMILES string of the molecule is CCc1cc(NC(=O)NC[C@@H]2CCCN(CC(=NO)c3ccc(F)cc3)C2)cc(-c2nnnn2C)c1. The smallest absolute Gasteiger partial charge is 0.319 e. The fourth-order valence-corrected chi connectivity index (χ4v) is 4.48. The monoisotopic (exact) mass is 494 g/mol. The van der Waals surface area contributed by atoms with Crippen LogP contribution in [-0.4, -0.2) is 68.2 Å². The van der Waals surface area contributed by atoms with Crippen LogP contribution in [-0.2, 0) is 13.5 Å². The minimum atomic E-state index is -0.332. The van der Waals surface area contributed by atoms with E-state index in [2.05, 4.69) is 43.1 Å². The first-order valence-corrected chi connectivity index (χ1v) is 12.1. The summed E-state index contributed by atoms with van der Waals surface area (Å²) in [6.07, 6.45) is 2.78. The molecule has 190 valence electrons. The molecule has 36 heavy (non-hydrogen) atoms. The van der Waals surface area contributed by atoms with Crippen molar-refractivity contribution in [1.82, 2.24) is 30.4 Å². The number of rotatable bonds is 8. The number of carbonyl (C=O) groups is 1. The maximum absolute atomic E-state index is 13.2. The third kappa shape index (κ3) is 6.42. The number of nitrogens with one attached hydrogen (secondary N) is 2. The number of aryl methyl sites for hydroxylation is 2. The molecule has 0 bridgehead atoms. The minimum absolute atomic E-state index is 0.264. The Morgan fingerprint density at radius 3 is 2.75 bits per heavy atom. The molecule has 0 spiro atoms. The molecule has 0 aliphatic carbocycles. The molecular weight excluding hydrogens is 463 g/mol. The van der Waals surface area contributed by atoms with Gasteiger partial charge in [-0.3, -0.25) is 4.90 Å². The van der Waals surface area contributed by atoms with Gasteiger partial charge in [-0.2, -0.15) is 0 Å². The number of carbonyl (C=O) groups excluding carboxylic acids is 1. The van der Waals surface area contributed by atoms with E-state index in [1.54, 1.807) is 23.9 Å². The number of piperidine rings is 1. The van der Waals surface area contributed by atoms with Gasteiger partial charge in [0.1, 0.15) is 11.5 Å². The Hall–Kier alpha value is -3.86. The normalized spacial score (nSPS) is 16.6. The molecule has 10 nitrogen and oxygen atoms in total. The Labute approximate surface area is 209 Å².